The van der Waals surface area contributed by atoms with Gasteiger partial charge in [-0.05, 0) is 57.0 Å². The maximum atomic E-state index is 12.4. The fraction of sp³-hybridized carbons (Fsp3) is 0.391. The number of para-hydroxylation sites is 2. The van der Waals surface area contributed by atoms with Gasteiger partial charge in [0.1, 0.15) is 5.60 Å². The second kappa shape index (κ2) is 8.60. The first-order chi connectivity index (χ1) is 14.7. The summed E-state index contributed by atoms with van der Waals surface area (Å²) in [5.74, 6) is 0.767. The molecular weight excluding hydrogens is 435 g/mol. The number of halogens is 2. The van der Waals surface area contributed by atoms with Crippen molar-refractivity contribution in [3.63, 3.8) is 0 Å². The largest absolute Gasteiger partial charge is 0.444 e. The number of hydrogen-bond donors (Lipinski definition) is 1. The van der Waals surface area contributed by atoms with Crippen molar-refractivity contribution in [3.8, 4) is 0 Å². The molecule has 1 atom stereocenters. The number of hydrogen-bond acceptors (Lipinski definition) is 4. The molecule has 2 heterocycles. The number of ether oxygens (including phenoxy) is 1. The van der Waals surface area contributed by atoms with Crippen molar-refractivity contribution in [2.45, 2.75) is 45.4 Å². The van der Waals surface area contributed by atoms with Crippen LogP contribution in [0.1, 0.15) is 32.8 Å². The molecule has 6 nitrogen and oxygen atoms in total. The number of fused-ring (bicyclic) bond motifs is 1. The number of imidazole rings is 1. The van der Waals surface area contributed by atoms with Crippen molar-refractivity contribution in [1.82, 2.24) is 14.5 Å². The highest BCUT2D eigenvalue weighted by Gasteiger charge is 2.30. The van der Waals surface area contributed by atoms with Crippen LogP contribution in [0, 0.1) is 0 Å². The van der Waals surface area contributed by atoms with Gasteiger partial charge < -0.3 is 19.5 Å². The molecule has 0 radical (unpaired) electrons. The van der Waals surface area contributed by atoms with Gasteiger partial charge in [0.25, 0.3) is 0 Å². The fourth-order valence-electron chi connectivity index (χ4n) is 3.72. The van der Waals surface area contributed by atoms with E-state index in [2.05, 4.69) is 9.88 Å². The summed E-state index contributed by atoms with van der Waals surface area (Å²) in [6, 6.07) is 13.8. The van der Waals surface area contributed by atoms with Crippen LogP contribution in [-0.2, 0) is 11.3 Å². The van der Waals surface area contributed by atoms with Crippen molar-refractivity contribution >= 4 is 46.3 Å². The number of rotatable bonds is 4. The Morgan fingerprint density at radius 2 is 1.97 bits per heavy atom. The van der Waals surface area contributed by atoms with E-state index in [1.165, 1.54) is 0 Å². The van der Waals surface area contributed by atoms with Crippen molar-refractivity contribution < 1.29 is 9.53 Å². The molecule has 0 unspecified atom stereocenters. The minimum absolute atomic E-state index is 0.0943. The van der Waals surface area contributed by atoms with Crippen molar-refractivity contribution in [3.05, 3.63) is 58.1 Å². The zero-order chi connectivity index (χ0) is 22.2. The third kappa shape index (κ3) is 5.08. The van der Waals surface area contributed by atoms with Crippen molar-refractivity contribution in [1.29, 1.82) is 0 Å². The van der Waals surface area contributed by atoms with Crippen molar-refractivity contribution in [2.24, 2.45) is 0 Å². The van der Waals surface area contributed by atoms with E-state index in [4.69, 9.17) is 32.9 Å². The zero-order valence-electron chi connectivity index (χ0n) is 17.9. The van der Waals surface area contributed by atoms with Crippen LogP contribution in [0.2, 0.25) is 10.0 Å². The van der Waals surface area contributed by atoms with E-state index in [1.54, 1.807) is 11.0 Å². The van der Waals surface area contributed by atoms with Gasteiger partial charge in [-0.2, -0.15) is 0 Å². The third-order valence-corrected chi connectivity index (χ3v) is 5.89. The molecule has 1 aliphatic heterocycles. The van der Waals surface area contributed by atoms with Crippen molar-refractivity contribution in [2.75, 3.05) is 18.4 Å². The van der Waals surface area contributed by atoms with Crippen LogP contribution >= 0.6 is 23.2 Å². The van der Waals surface area contributed by atoms with Gasteiger partial charge in [-0.15, -0.1) is 0 Å². The van der Waals surface area contributed by atoms with Crippen LogP contribution in [0.15, 0.2) is 42.5 Å². The maximum Gasteiger partial charge on any atom is 0.410 e. The van der Waals surface area contributed by atoms with Crippen LogP contribution in [-0.4, -0.2) is 45.3 Å². The Kier molecular flexibility index (Phi) is 6.04. The molecular formula is C23H26Cl2N4O2. The lowest BCUT2D eigenvalue weighted by Gasteiger charge is -2.24. The average molecular weight is 461 g/mol. The summed E-state index contributed by atoms with van der Waals surface area (Å²) in [6.07, 6.45) is 0.552. The van der Waals surface area contributed by atoms with E-state index in [1.807, 2.05) is 57.2 Å². The first-order valence-electron chi connectivity index (χ1n) is 10.3. The van der Waals surface area contributed by atoms with E-state index in [9.17, 15) is 4.79 Å². The summed E-state index contributed by atoms with van der Waals surface area (Å²) < 4.78 is 7.64. The molecule has 0 spiro atoms. The van der Waals surface area contributed by atoms with Gasteiger partial charge in [0, 0.05) is 19.1 Å². The molecule has 0 bridgehead atoms. The number of benzene rings is 2. The highest BCUT2D eigenvalue weighted by atomic mass is 35.5. The lowest BCUT2D eigenvalue weighted by molar-refractivity contribution is 0.0293. The lowest BCUT2D eigenvalue weighted by atomic mass is 10.2. The first kappa shape index (κ1) is 21.8. The summed E-state index contributed by atoms with van der Waals surface area (Å²) in [4.78, 5) is 18.9. The summed E-state index contributed by atoms with van der Waals surface area (Å²) in [6.45, 7) is 7.46. The quantitative estimate of drug-likeness (QED) is 0.533. The van der Waals surface area contributed by atoms with Gasteiger partial charge in [0.2, 0.25) is 5.95 Å². The first-order valence-corrected chi connectivity index (χ1v) is 11.1. The molecule has 1 aliphatic rings. The van der Waals surface area contributed by atoms with E-state index in [0.717, 1.165) is 29.0 Å². The summed E-state index contributed by atoms with van der Waals surface area (Å²) in [5.41, 5.74) is 2.46. The topological polar surface area (TPSA) is 59.4 Å². The van der Waals surface area contributed by atoms with Gasteiger partial charge in [-0.1, -0.05) is 41.4 Å². The van der Waals surface area contributed by atoms with Gasteiger partial charge >= 0.3 is 6.09 Å². The highest BCUT2D eigenvalue weighted by Crippen LogP contribution is 2.27. The van der Waals surface area contributed by atoms with Gasteiger partial charge in [-0.25, -0.2) is 9.78 Å². The molecule has 8 heteroatoms. The second-order valence-corrected chi connectivity index (χ2v) is 9.63. The molecule has 0 saturated carbocycles. The van der Waals surface area contributed by atoms with Crippen LogP contribution in [0.25, 0.3) is 11.0 Å². The molecule has 2 aromatic carbocycles. The average Bonchev–Trinajstić information content (AvgIpc) is 3.29. The van der Waals surface area contributed by atoms with Gasteiger partial charge in [0.05, 0.1) is 27.6 Å². The molecule has 1 N–H and O–H groups in total. The van der Waals surface area contributed by atoms with E-state index in [0.29, 0.717) is 29.7 Å². The minimum Gasteiger partial charge on any atom is -0.444 e. The lowest BCUT2D eigenvalue weighted by Crippen LogP contribution is -2.36. The molecule has 31 heavy (non-hydrogen) atoms. The van der Waals surface area contributed by atoms with E-state index >= 15 is 0 Å². The highest BCUT2D eigenvalue weighted by molar-refractivity contribution is 6.42. The standard InChI is InChI=1S/C23H26Cl2N4O2/c1-23(2,3)31-22(30)28-11-10-16(14-28)26-21-27-19-6-4-5-7-20(19)29(21)13-15-8-9-17(24)18(25)12-15/h4-9,12,16H,10-11,13-14H2,1-3H3,(H,26,27)/t16-/m0/s1. The molecule has 1 saturated heterocycles. The Bertz CT molecular complexity index is 1110. The van der Waals surface area contributed by atoms with Crippen LogP contribution in [0.3, 0.4) is 0 Å². The molecule has 4 rings (SSSR count). The predicted molar refractivity (Wildman–Crippen MR) is 125 cm³/mol. The normalized spacial score (nSPS) is 16.7. The maximum absolute atomic E-state index is 12.4. The number of aromatic nitrogens is 2. The second-order valence-electron chi connectivity index (χ2n) is 8.82. The number of nitrogens with one attached hydrogen (secondary N) is 1. The molecule has 3 aromatic rings. The van der Waals surface area contributed by atoms with Crippen LogP contribution in [0.5, 0.6) is 0 Å². The van der Waals surface area contributed by atoms with E-state index < -0.39 is 5.60 Å². The molecule has 1 amide bonds. The minimum atomic E-state index is -0.504. The number of carbonyl (C=O) groups is 1. The summed E-state index contributed by atoms with van der Waals surface area (Å²) >= 11 is 12.3. The monoisotopic (exact) mass is 460 g/mol. The molecule has 0 aliphatic carbocycles. The van der Waals surface area contributed by atoms with Gasteiger partial charge in [0.15, 0.2) is 0 Å². The molecule has 1 fully saturated rings. The number of anilines is 1. The molecule has 164 valence electrons. The Morgan fingerprint density at radius 1 is 1.19 bits per heavy atom. The number of likely N-dealkylation sites (tertiary alicyclic amines) is 1. The third-order valence-electron chi connectivity index (χ3n) is 5.15. The van der Waals surface area contributed by atoms with Crippen LogP contribution < -0.4 is 5.32 Å². The zero-order valence-corrected chi connectivity index (χ0v) is 19.4. The number of carbonyl (C=O) groups excluding carboxylic acids is 1. The predicted octanol–water partition coefficient (Wildman–Crippen LogP) is 5.81. The fourth-order valence-corrected chi connectivity index (χ4v) is 4.04. The molecule has 1 aromatic heterocycles. The Hall–Kier alpha value is -2.44. The van der Waals surface area contributed by atoms with E-state index in [-0.39, 0.29) is 12.1 Å². The summed E-state index contributed by atoms with van der Waals surface area (Å²) in [5, 5.41) is 4.60. The Balaban J connectivity index is 1.55. The smallest absolute Gasteiger partial charge is 0.410 e. The van der Waals surface area contributed by atoms with Gasteiger partial charge in [-0.3, -0.25) is 0 Å². The summed E-state index contributed by atoms with van der Waals surface area (Å²) in [7, 11) is 0. The number of amides is 1. The Labute approximate surface area is 192 Å². The number of nitrogens with zero attached hydrogens (tertiary/aromatic N) is 3. The SMILES string of the molecule is CC(C)(C)OC(=O)N1CC[C@H](Nc2nc3ccccc3n2Cc2ccc(Cl)c(Cl)c2)C1. The Morgan fingerprint density at radius 3 is 2.71 bits per heavy atom. The van der Waals surface area contributed by atoms with Crippen LogP contribution in [0.4, 0.5) is 10.7 Å².